The van der Waals surface area contributed by atoms with Gasteiger partial charge in [-0.25, -0.2) is 10.2 Å². The van der Waals surface area contributed by atoms with Gasteiger partial charge >= 0.3 is 17.8 Å². The zero-order valence-electron chi connectivity index (χ0n) is 18.8. The third-order valence-corrected chi connectivity index (χ3v) is 6.08. The van der Waals surface area contributed by atoms with Crippen molar-refractivity contribution < 1.29 is 19.1 Å². The minimum absolute atomic E-state index is 0.176. The first-order valence-electron chi connectivity index (χ1n) is 10.5. The van der Waals surface area contributed by atoms with E-state index in [0.717, 1.165) is 22.5 Å². The Hall–Kier alpha value is -4.22. The van der Waals surface area contributed by atoms with Gasteiger partial charge in [-0.15, -0.1) is 10.2 Å². The number of aryl methyl sites for hydroxylation is 1. The van der Waals surface area contributed by atoms with Gasteiger partial charge in [0.05, 0.1) is 11.8 Å². The quantitative estimate of drug-likeness (QED) is 0.116. The molecule has 3 aromatic carbocycles. The van der Waals surface area contributed by atoms with Crippen molar-refractivity contribution >= 4 is 56.4 Å². The van der Waals surface area contributed by atoms with E-state index in [0.29, 0.717) is 20.6 Å². The Kier molecular flexibility index (Phi) is 7.93. The number of hydrogen-bond acceptors (Lipinski definition) is 8. The second-order valence-corrected chi connectivity index (χ2v) is 9.26. The first-order chi connectivity index (χ1) is 17.4. The fraction of sp³-hybridized carbons (Fsp3) is 0.0400. The number of hydrogen-bond donors (Lipinski definition) is 2. The Morgan fingerprint density at radius 2 is 1.72 bits per heavy atom. The Morgan fingerprint density at radius 1 is 0.972 bits per heavy atom. The standard InChI is InChI=1S/C25H18BrN5O4S/c1-15-7-9-17(10-8-15)24(34)35-20-12-11-19(26)13-18(20)14-27-29-22(33)21(32)28-25-31-30-23(36-25)16-5-3-2-4-6-16/h2-14H,1H3,(H,29,33)(H,28,31,32). The van der Waals surface area contributed by atoms with Crippen LogP contribution in [0, 0.1) is 6.92 Å². The van der Waals surface area contributed by atoms with E-state index in [9.17, 15) is 14.4 Å². The molecule has 1 heterocycles. The molecule has 0 fully saturated rings. The maximum Gasteiger partial charge on any atom is 0.343 e. The number of hydrazone groups is 1. The van der Waals surface area contributed by atoms with Crippen LogP contribution in [0.4, 0.5) is 5.13 Å². The SMILES string of the molecule is Cc1ccc(C(=O)Oc2ccc(Br)cc2C=NNC(=O)C(=O)Nc2nnc(-c3ccccc3)s2)cc1. The molecule has 1 aromatic heterocycles. The number of ether oxygens (including phenoxy) is 1. The molecule has 0 unspecified atom stereocenters. The van der Waals surface area contributed by atoms with E-state index < -0.39 is 17.8 Å². The van der Waals surface area contributed by atoms with Gasteiger partial charge < -0.3 is 4.74 Å². The van der Waals surface area contributed by atoms with E-state index in [1.165, 1.54) is 6.21 Å². The van der Waals surface area contributed by atoms with Crippen LogP contribution >= 0.6 is 27.3 Å². The van der Waals surface area contributed by atoms with Gasteiger partial charge in [0.2, 0.25) is 5.13 Å². The monoisotopic (exact) mass is 563 g/mol. The Balaban J connectivity index is 1.38. The number of rotatable bonds is 6. The summed E-state index contributed by atoms with van der Waals surface area (Å²) in [5.41, 5.74) is 4.81. The summed E-state index contributed by atoms with van der Waals surface area (Å²) in [4.78, 5) is 36.9. The number of anilines is 1. The van der Waals surface area contributed by atoms with E-state index in [-0.39, 0.29) is 10.9 Å². The summed E-state index contributed by atoms with van der Waals surface area (Å²) in [6.45, 7) is 1.92. The van der Waals surface area contributed by atoms with Crippen LogP contribution in [0.2, 0.25) is 0 Å². The minimum Gasteiger partial charge on any atom is -0.422 e. The molecular weight excluding hydrogens is 546 g/mol. The molecule has 0 saturated heterocycles. The molecule has 4 aromatic rings. The second-order valence-electron chi connectivity index (χ2n) is 7.37. The lowest BCUT2D eigenvalue weighted by Crippen LogP contribution is -2.32. The number of carbonyl (C=O) groups excluding carboxylic acids is 3. The number of esters is 1. The topological polar surface area (TPSA) is 123 Å². The molecule has 0 atom stereocenters. The molecule has 0 saturated carbocycles. The highest BCUT2D eigenvalue weighted by molar-refractivity contribution is 9.10. The van der Waals surface area contributed by atoms with Crippen molar-refractivity contribution in [2.24, 2.45) is 5.10 Å². The summed E-state index contributed by atoms with van der Waals surface area (Å²) in [5, 5.41) is 14.9. The van der Waals surface area contributed by atoms with Crippen molar-refractivity contribution in [1.29, 1.82) is 0 Å². The van der Waals surface area contributed by atoms with Gasteiger partial charge in [0.15, 0.2) is 0 Å². The predicted octanol–water partition coefficient (Wildman–Crippen LogP) is 4.58. The maximum absolute atomic E-state index is 12.5. The summed E-state index contributed by atoms with van der Waals surface area (Å²) in [5.74, 6) is -2.27. The van der Waals surface area contributed by atoms with Gasteiger partial charge in [0.25, 0.3) is 0 Å². The predicted molar refractivity (Wildman–Crippen MR) is 140 cm³/mol. The average molecular weight is 564 g/mol. The van der Waals surface area contributed by atoms with Gasteiger partial charge in [0.1, 0.15) is 10.8 Å². The lowest BCUT2D eigenvalue weighted by Gasteiger charge is -2.08. The molecule has 0 spiro atoms. The fourth-order valence-electron chi connectivity index (χ4n) is 2.90. The maximum atomic E-state index is 12.5. The third kappa shape index (κ3) is 6.46. The summed E-state index contributed by atoms with van der Waals surface area (Å²) < 4.78 is 6.19. The van der Waals surface area contributed by atoms with Gasteiger partial charge in [-0.2, -0.15) is 5.10 Å². The Morgan fingerprint density at radius 3 is 2.47 bits per heavy atom. The highest BCUT2D eigenvalue weighted by Gasteiger charge is 2.16. The van der Waals surface area contributed by atoms with Crippen LogP contribution in [0.1, 0.15) is 21.5 Å². The Labute approximate surface area is 218 Å². The molecule has 0 aliphatic rings. The van der Waals surface area contributed by atoms with E-state index in [1.54, 1.807) is 30.3 Å². The molecule has 0 bridgehead atoms. The van der Waals surface area contributed by atoms with Gasteiger partial charge in [-0.3, -0.25) is 14.9 Å². The first-order valence-corrected chi connectivity index (χ1v) is 12.1. The number of carbonyl (C=O) groups is 3. The molecule has 11 heteroatoms. The summed E-state index contributed by atoms with van der Waals surface area (Å²) in [6, 6.07) is 21.2. The normalized spacial score (nSPS) is 10.7. The van der Waals surface area contributed by atoms with E-state index in [4.69, 9.17) is 4.74 Å². The zero-order valence-corrected chi connectivity index (χ0v) is 21.2. The van der Waals surface area contributed by atoms with Crippen LogP contribution in [0.3, 0.4) is 0 Å². The van der Waals surface area contributed by atoms with Crippen molar-refractivity contribution in [2.45, 2.75) is 6.92 Å². The van der Waals surface area contributed by atoms with Crippen LogP contribution in [0.15, 0.2) is 82.4 Å². The molecule has 0 aliphatic carbocycles. The molecule has 36 heavy (non-hydrogen) atoms. The van der Waals surface area contributed by atoms with E-state index in [1.807, 2.05) is 49.4 Å². The lowest BCUT2D eigenvalue weighted by atomic mass is 10.1. The van der Waals surface area contributed by atoms with Gasteiger partial charge in [0, 0.05) is 15.6 Å². The van der Waals surface area contributed by atoms with E-state index >= 15 is 0 Å². The van der Waals surface area contributed by atoms with Crippen LogP contribution < -0.4 is 15.5 Å². The van der Waals surface area contributed by atoms with Gasteiger partial charge in [-0.05, 0) is 37.3 Å². The first kappa shape index (κ1) is 24.9. The van der Waals surface area contributed by atoms with Crippen molar-refractivity contribution in [3.8, 4) is 16.3 Å². The van der Waals surface area contributed by atoms with Crippen LogP contribution in [0.5, 0.6) is 5.75 Å². The molecule has 0 radical (unpaired) electrons. The molecule has 0 aliphatic heterocycles. The number of amides is 2. The molecular formula is C25H18BrN5O4S. The van der Waals surface area contributed by atoms with Crippen molar-refractivity contribution in [3.05, 3.63) is 94.0 Å². The highest BCUT2D eigenvalue weighted by Crippen LogP contribution is 2.26. The molecule has 9 nitrogen and oxygen atoms in total. The molecule has 2 N–H and O–H groups in total. The minimum atomic E-state index is -1.00. The molecule has 180 valence electrons. The number of halogens is 1. The summed E-state index contributed by atoms with van der Waals surface area (Å²) in [6.07, 6.45) is 1.27. The number of nitrogens with zero attached hydrogens (tertiary/aromatic N) is 3. The zero-order chi connectivity index (χ0) is 25.5. The van der Waals surface area contributed by atoms with Crippen molar-refractivity contribution in [2.75, 3.05) is 5.32 Å². The number of aromatic nitrogens is 2. The Bertz CT molecular complexity index is 1440. The molecule has 2 amide bonds. The van der Waals surface area contributed by atoms with Crippen molar-refractivity contribution in [3.63, 3.8) is 0 Å². The van der Waals surface area contributed by atoms with Crippen LogP contribution in [-0.4, -0.2) is 34.2 Å². The highest BCUT2D eigenvalue weighted by atomic mass is 79.9. The molecule has 4 rings (SSSR count). The smallest absolute Gasteiger partial charge is 0.343 e. The average Bonchev–Trinajstić information content (AvgIpc) is 3.35. The van der Waals surface area contributed by atoms with Crippen LogP contribution in [0.25, 0.3) is 10.6 Å². The van der Waals surface area contributed by atoms with E-state index in [2.05, 4.69) is 42.0 Å². The van der Waals surface area contributed by atoms with Gasteiger partial charge in [-0.1, -0.05) is 75.3 Å². The van der Waals surface area contributed by atoms with Crippen LogP contribution in [-0.2, 0) is 9.59 Å². The second kappa shape index (κ2) is 11.5. The number of nitrogens with one attached hydrogen (secondary N) is 2. The van der Waals surface area contributed by atoms with Crippen molar-refractivity contribution in [1.82, 2.24) is 15.6 Å². The number of benzene rings is 3. The summed E-state index contributed by atoms with van der Waals surface area (Å²) >= 11 is 4.48. The summed E-state index contributed by atoms with van der Waals surface area (Å²) in [7, 11) is 0. The largest absolute Gasteiger partial charge is 0.422 e. The third-order valence-electron chi connectivity index (χ3n) is 4.70. The fourth-order valence-corrected chi connectivity index (χ4v) is 4.02. The lowest BCUT2D eigenvalue weighted by molar-refractivity contribution is -0.136.